The van der Waals surface area contributed by atoms with Gasteiger partial charge in [0.25, 0.3) is 0 Å². The molecule has 14 heavy (non-hydrogen) atoms. The molecule has 1 aliphatic carbocycles. The molecule has 3 nitrogen and oxygen atoms in total. The van der Waals surface area contributed by atoms with E-state index in [9.17, 15) is 0 Å². The topological polar surface area (TPSA) is 33.6 Å². The van der Waals surface area contributed by atoms with Gasteiger partial charge in [-0.25, -0.2) is 0 Å². The van der Waals surface area contributed by atoms with Gasteiger partial charge in [0.2, 0.25) is 0 Å². The van der Waals surface area contributed by atoms with Crippen LogP contribution in [0.15, 0.2) is 4.99 Å². The van der Waals surface area contributed by atoms with Crippen LogP contribution in [0.4, 0.5) is 0 Å². The summed E-state index contributed by atoms with van der Waals surface area (Å²) in [7, 11) is 1.82. The Kier molecular flexibility index (Phi) is 2.77. The first-order valence-corrected chi connectivity index (χ1v) is 5.61. The third kappa shape index (κ3) is 1.65. The summed E-state index contributed by atoms with van der Waals surface area (Å²) in [5.74, 6) is 1.95. The second-order valence-electron chi connectivity index (χ2n) is 4.54. The van der Waals surface area contributed by atoms with Gasteiger partial charge in [-0.15, -0.1) is 0 Å². The van der Waals surface area contributed by atoms with Crippen molar-refractivity contribution < 1.29 is 4.74 Å². The molecule has 3 heteroatoms. The van der Waals surface area contributed by atoms with Gasteiger partial charge in [0.1, 0.15) is 11.4 Å². The Hall–Kier alpha value is -0.570. The summed E-state index contributed by atoms with van der Waals surface area (Å²) in [6.07, 6.45) is 4.76. The third-order valence-corrected chi connectivity index (χ3v) is 3.58. The maximum absolute atomic E-state index is 5.72. The van der Waals surface area contributed by atoms with Crippen molar-refractivity contribution >= 4 is 5.84 Å². The average molecular weight is 196 g/mol. The molecule has 1 heterocycles. The van der Waals surface area contributed by atoms with Gasteiger partial charge < -0.3 is 10.1 Å². The second-order valence-corrected chi connectivity index (χ2v) is 4.54. The summed E-state index contributed by atoms with van der Waals surface area (Å²) < 4.78 is 5.72. The molecule has 1 N–H and O–H groups in total. The molecule has 80 valence electrons. The highest BCUT2D eigenvalue weighted by Crippen LogP contribution is 2.35. The SMILES string of the molecule is COC1(C2=NCCN2)CCC(C)CC1. The summed E-state index contributed by atoms with van der Waals surface area (Å²) >= 11 is 0. The lowest BCUT2D eigenvalue weighted by atomic mass is 9.78. The maximum atomic E-state index is 5.72. The lowest BCUT2D eigenvalue weighted by Crippen LogP contribution is -2.48. The highest BCUT2D eigenvalue weighted by Gasteiger charge is 2.39. The van der Waals surface area contributed by atoms with Crippen LogP contribution < -0.4 is 5.32 Å². The zero-order valence-corrected chi connectivity index (χ0v) is 9.18. The first-order valence-electron chi connectivity index (χ1n) is 5.61. The van der Waals surface area contributed by atoms with Crippen molar-refractivity contribution in [2.24, 2.45) is 10.9 Å². The zero-order valence-electron chi connectivity index (χ0n) is 9.18. The van der Waals surface area contributed by atoms with Crippen LogP contribution in [0.2, 0.25) is 0 Å². The van der Waals surface area contributed by atoms with Crippen LogP contribution in [-0.2, 0) is 4.74 Å². The molecule has 0 spiro atoms. The predicted molar refractivity (Wildman–Crippen MR) is 57.7 cm³/mol. The van der Waals surface area contributed by atoms with Crippen LogP contribution >= 0.6 is 0 Å². The molecule has 0 aromatic rings. The molecule has 1 saturated carbocycles. The Morgan fingerprint density at radius 1 is 1.43 bits per heavy atom. The smallest absolute Gasteiger partial charge is 0.129 e. The van der Waals surface area contributed by atoms with Gasteiger partial charge in [0, 0.05) is 13.7 Å². The zero-order chi connectivity index (χ0) is 10.0. The number of nitrogens with zero attached hydrogens (tertiary/aromatic N) is 1. The summed E-state index contributed by atoms with van der Waals surface area (Å²) in [6, 6.07) is 0. The van der Waals surface area contributed by atoms with E-state index >= 15 is 0 Å². The van der Waals surface area contributed by atoms with Gasteiger partial charge in [-0.2, -0.15) is 0 Å². The van der Waals surface area contributed by atoms with E-state index in [0.717, 1.165) is 37.7 Å². The van der Waals surface area contributed by atoms with Crippen LogP contribution in [0.25, 0.3) is 0 Å². The Morgan fingerprint density at radius 2 is 2.14 bits per heavy atom. The van der Waals surface area contributed by atoms with Crippen LogP contribution in [-0.4, -0.2) is 31.6 Å². The molecule has 1 aliphatic heterocycles. The fourth-order valence-electron chi connectivity index (χ4n) is 2.47. The quantitative estimate of drug-likeness (QED) is 0.727. The largest absolute Gasteiger partial charge is 0.370 e. The van der Waals surface area contributed by atoms with Crippen molar-refractivity contribution in [3.63, 3.8) is 0 Å². The molecule has 0 unspecified atom stereocenters. The highest BCUT2D eigenvalue weighted by atomic mass is 16.5. The molecule has 0 saturated heterocycles. The van der Waals surface area contributed by atoms with Crippen molar-refractivity contribution in [1.29, 1.82) is 0 Å². The van der Waals surface area contributed by atoms with E-state index < -0.39 is 0 Å². The lowest BCUT2D eigenvalue weighted by Gasteiger charge is -2.38. The summed E-state index contributed by atoms with van der Waals surface area (Å²) in [6.45, 7) is 4.22. The molecule has 0 aromatic heterocycles. The van der Waals surface area contributed by atoms with E-state index in [1.54, 1.807) is 0 Å². The summed E-state index contributed by atoms with van der Waals surface area (Å²) in [5.41, 5.74) is -0.0803. The number of rotatable bonds is 2. The van der Waals surface area contributed by atoms with Gasteiger partial charge in [-0.05, 0) is 31.6 Å². The van der Waals surface area contributed by atoms with E-state index in [0.29, 0.717) is 0 Å². The van der Waals surface area contributed by atoms with Crippen LogP contribution in [0.3, 0.4) is 0 Å². The van der Waals surface area contributed by atoms with Crippen molar-refractivity contribution in [2.75, 3.05) is 20.2 Å². The van der Waals surface area contributed by atoms with Crippen LogP contribution in [0, 0.1) is 5.92 Å². The molecule has 0 aromatic carbocycles. The molecule has 0 radical (unpaired) electrons. The number of nitrogens with one attached hydrogen (secondary N) is 1. The van der Waals surface area contributed by atoms with Crippen molar-refractivity contribution in [3.8, 4) is 0 Å². The Balaban J connectivity index is 2.09. The van der Waals surface area contributed by atoms with Gasteiger partial charge in [0.05, 0.1) is 6.54 Å². The molecule has 0 atom stereocenters. The summed E-state index contributed by atoms with van der Waals surface area (Å²) in [5, 5.41) is 3.36. The molecule has 2 aliphatic rings. The van der Waals surface area contributed by atoms with Gasteiger partial charge in [-0.1, -0.05) is 6.92 Å². The second kappa shape index (κ2) is 3.89. The van der Waals surface area contributed by atoms with E-state index in [1.807, 2.05) is 7.11 Å². The molecular formula is C11H20N2O. The minimum absolute atomic E-state index is 0.0803. The number of methoxy groups -OCH3 is 1. The summed E-state index contributed by atoms with van der Waals surface area (Å²) in [4.78, 5) is 4.51. The van der Waals surface area contributed by atoms with Gasteiger partial charge in [0.15, 0.2) is 0 Å². The molecule has 0 amide bonds. The van der Waals surface area contributed by atoms with Gasteiger partial charge in [-0.3, -0.25) is 4.99 Å². The Morgan fingerprint density at radius 3 is 2.64 bits per heavy atom. The number of hydrogen-bond donors (Lipinski definition) is 1. The molecular weight excluding hydrogens is 176 g/mol. The fraction of sp³-hybridized carbons (Fsp3) is 0.909. The Bertz CT molecular complexity index is 229. The number of amidine groups is 1. The van der Waals surface area contributed by atoms with E-state index in [4.69, 9.17) is 4.74 Å². The highest BCUT2D eigenvalue weighted by molar-refractivity contribution is 5.91. The average Bonchev–Trinajstić information content (AvgIpc) is 2.73. The van der Waals surface area contributed by atoms with E-state index in [2.05, 4.69) is 17.2 Å². The first-order chi connectivity index (χ1) is 6.77. The van der Waals surface area contributed by atoms with E-state index in [-0.39, 0.29) is 5.60 Å². The van der Waals surface area contributed by atoms with Crippen LogP contribution in [0.1, 0.15) is 32.6 Å². The standard InChI is InChI=1S/C11H20N2O/c1-9-3-5-11(14-2,6-4-9)10-12-7-8-13-10/h9H,3-8H2,1-2H3,(H,12,13). The number of aliphatic imine (C=N–C) groups is 1. The number of hydrogen-bond acceptors (Lipinski definition) is 3. The van der Waals surface area contributed by atoms with Crippen molar-refractivity contribution in [3.05, 3.63) is 0 Å². The molecule has 1 fully saturated rings. The minimum atomic E-state index is -0.0803. The van der Waals surface area contributed by atoms with Gasteiger partial charge >= 0.3 is 0 Å². The fourth-order valence-corrected chi connectivity index (χ4v) is 2.47. The molecule has 0 bridgehead atoms. The van der Waals surface area contributed by atoms with Crippen molar-refractivity contribution in [1.82, 2.24) is 5.32 Å². The minimum Gasteiger partial charge on any atom is -0.370 e. The number of ether oxygens (including phenoxy) is 1. The first kappa shape index (κ1) is 9.97. The van der Waals surface area contributed by atoms with E-state index in [1.165, 1.54) is 12.8 Å². The third-order valence-electron chi connectivity index (χ3n) is 3.58. The molecule has 2 rings (SSSR count). The Labute approximate surface area is 85.9 Å². The maximum Gasteiger partial charge on any atom is 0.129 e. The van der Waals surface area contributed by atoms with Crippen LogP contribution in [0.5, 0.6) is 0 Å². The lowest BCUT2D eigenvalue weighted by molar-refractivity contribution is 0.00707. The monoisotopic (exact) mass is 196 g/mol. The van der Waals surface area contributed by atoms with Crippen molar-refractivity contribution in [2.45, 2.75) is 38.2 Å². The normalized spacial score (nSPS) is 37.9. The predicted octanol–water partition coefficient (Wildman–Crippen LogP) is 1.58.